The summed E-state index contributed by atoms with van der Waals surface area (Å²) in [5.74, 6) is -0.280. The molecular formula is C10H7ClN2O2. The fourth-order valence-corrected chi connectivity index (χ4v) is 1.41. The maximum Gasteiger partial charge on any atom is 0.317 e. The van der Waals surface area contributed by atoms with Crippen molar-refractivity contribution in [2.75, 3.05) is 0 Å². The van der Waals surface area contributed by atoms with E-state index >= 15 is 0 Å². The molecule has 0 saturated heterocycles. The van der Waals surface area contributed by atoms with Crippen LogP contribution in [0, 0.1) is 0 Å². The van der Waals surface area contributed by atoms with Crippen LogP contribution in [0.5, 0.6) is 11.9 Å². The average Bonchev–Trinajstić information content (AvgIpc) is 2.16. The number of hydrogen-bond acceptors (Lipinski definition) is 4. The normalized spacial score (nSPS) is 10.2. The van der Waals surface area contributed by atoms with E-state index in [4.69, 9.17) is 16.7 Å². The Hall–Kier alpha value is -1.81. The summed E-state index contributed by atoms with van der Waals surface area (Å²) in [4.78, 5) is 7.12. The molecule has 0 aliphatic carbocycles. The van der Waals surface area contributed by atoms with Gasteiger partial charge in [0.05, 0.1) is 5.69 Å². The monoisotopic (exact) mass is 222 g/mol. The quantitative estimate of drug-likeness (QED) is 0.776. The lowest BCUT2D eigenvalue weighted by Crippen LogP contribution is -1.86. The van der Waals surface area contributed by atoms with Crippen molar-refractivity contribution in [1.29, 1.82) is 0 Å². The van der Waals surface area contributed by atoms with Gasteiger partial charge in [-0.1, -0.05) is 23.7 Å². The Balaban J connectivity index is 2.54. The zero-order valence-corrected chi connectivity index (χ0v) is 8.31. The lowest BCUT2D eigenvalue weighted by molar-refractivity contribution is 0.398. The van der Waals surface area contributed by atoms with Gasteiger partial charge in [-0.25, -0.2) is 0 Å². The average molecular weight is 223 g/mol. The van der Waals surface area contributed by atoms with Crippen molar-refractivity contribution < 1.29 is 10.2 Å². The van der Waals surface area contributed by atoms with Crippen molar-refractivity contribution in [2.45, 2.75) is 0 Å². The third kappa shape index (κ3) is 2.16. The molecule has 0 amide bonds. The van der Waals surface area contributed by atoms with Crippen LogP contribution >= 0.6 is 11.6 Å². The first kappa shape index (κ1) is 9.73. The molecule has 1 aromatic heterocycles. The maximum atomic E-state index is 9.18. The van der Waals surface area contributed by atoms with E-state index in [0.717, 1.165) is 0 Å². The van der Waals surface area contributed by atoms with Crippen LogP contribution < -0.4 is 0 Å². The van der Waals surface area contributed by atoms with Gasteiger partial charge in [-0.2, -0.15) is 9.97 Å². The van der Waals surface area contributed by atoms with Crippen molar-refractivity contribution >= 4 is 11.6 Å². The number of hydrogen-bond donors (Lipinski definition) is 2. The van der Waals surface area contributed by atoms with E-state index in [0.29, 0.717) is 16.3 Å². The molecule has 0 aliphatic heterocycles. The third-order valence-electron chi connectivity index (χ3n) is 1.82. The van der Waals surface area contributed by atoms with Crippen molar-refractivity contribution in [1.82, 2.24) is 9.97 Å². The van der Waals surface area contributed by atoms with E-state index in [1.165, 1.54) is 6.07 Å². The van der Waals surface area contributed by atoms with Crippen LogP contribution in [0.3, 0.4) is 0 Å². The molecule has 2 N–H and O–H groups in total. The first-order valence-corrected chi connectivity index (χ1v) is 4.56. The first-order valence-electron chi connectivity index (χ1n) is 4.18. The number of aromatic hydroxyl groups is 2. The second kappa shape index (κ2) is 3.74. The molecule has 1 aromatic carbocycles. The molecule has 0 radical (unpaired) electrons. The molecule has 76 valence electrons. The van der Waals surface area contributed by atoms with E-state index < -0.39 is 6.01 Å². The minimum atomic E-state index is -0.468. The lowest BCUT2D eigenvalue weighted by Gasteiger charge is -2.01. The molecule has 0 atom stereocenters. The number of aromatic nitrogens is 2. The number of rotatable bonds is 1. The Morgan fingerprint density at radius 3 is 2.53 bits per heavy atom. The minimum absolute atomic E-state index is 0.280. The zero-order valence-electron chi connectivity index (χ0n) is 7.55. The standard InChI is InChI=1S/C10H7ClN2O2/c11-7-3-1-2-6(4-7)8-5-9(14)13-10(15)12-8/h1-5H,(H2,12,13,14,15). The Labute approximate surface area is 90.8 Å². The SMILES string of the molecule is Oc1cc(-c2cccc(Cl)c2)nc(O)n1. The molecule has 15 heavy (non-hydrogen) atoms. The Kier molecular flexibility index (Phi) is 2.43. The maximum absolute atomic E-state index is 9.18. The van der Waals surface area contributed by atoms with Gasteiger partial charge in [-0.05, 0) is 12.1 Å². The third-order valence-corrected chi connectivity index (χ3v) is 2.06. The summed E-state index contributed by atoms with van der Waals surface area (Å²) in [6, 6.07) is 7.83. The van der Waals surface area contributed by atoms with Crippen LogP contribution in [0.2, 0.25) is 5.02 Å². The molecule has 2 aromatic rings. The van der Waals surface area contributed by atoms with E-state index in [-0.39, 0.29) is 5.88 Å². The second-order valence-electron chi connectivity index (χ2n) is 2.92. The van der Waals surface area contributed by atoms with Crippen LogP contribution in [0.4, 0.5) is 0 Å². The van der Waals surface area contributed by atoms with Gasteiger partial charge in [-0.3, -0.25) is 0 Å². The molecule has 2 rings (SSSR count). The van der Waals surface area contributed by atoms with E-state index in [1.54, 1.807) is 24.3 Å². The summed E-state index contributed by atoms with van der Waals surface area (Å²) >= 11 is 5.81. The molecule has 0 aliphatic rings. The topological polar surface area (TPSA) is 66.2 Å². The largest absolute Gasteiger partial charge is 0.493 e. The van der Waals surface area contributed by atoms with Gasteiger partial charge in [0.1, 0.15) is 0 Å². The summed E-state index contributed by atoms with van der Waals surface area (Å²) < 4.78 is 0. The summed E-state index contributed by atoms with van der Waals surface area (Å²) in [5, 5.41) is 18.8. The van der Waals surface area contributed by atoms with Gasteiger partial charge in [0.25, 0.3) is 0 Å². The predicted octanol–water partition coefficient (Wildman–Crippen LogP) is 2.21. The Morgan fingerprint density at radius 2 is 1.87 bits per heavy atom. The molecule has 1 heterocycles. The van der Waals surface area contributed by atoms with E-state index in [9.17, 15) is 5.11 Å². The Bertz CT molecular complexity index is 482. The van der Waals surface area contributed by atoms with E-state index in [2.05, 4.69) is 9.97 Å². The Morgan fingerprint density at radius 1 is 1.07 bits per heavy atom. The fourth-order valence-electron chi connectivity index (χ4n) is 1.22. The summed E-state index contributed by atoms with van der Waals surface area (Å²) in [6.07, 6.45) is 0. The molecule has 5 heteroatoms. The highest BCUT2D eigenvalue weighted by Crippen LogP contribution is 2.24. The molecule has 0 unspecified atom stereocenters. The van der Waals surface area contributed by atoms with Crippen LogP contribution in [-0.4, -0.2) is 20.2 Å². The molecule has 0 bridgehead atoms. The molecule has 4 nitrogen and oxygen atoms in total. The summed E-state index contributed by atoms with van der Waals surface area (Å²) in [6.45, 7) is 0. The zero-order chi connectivity index (χ0) is 10.8. The highest BCUT2D eigenvalue weighted by molar-refractivity contribution is 6.30. The second-order valence-corrected chi connectivity index (χ2v) is 3.36. The van der Waals surface area contributed by atoms with Gasteiger partial charge < -0.3 is 10.2 Å². The van der Waals surface area contributed by atoms with Crippen LogP contribution in [0.1, 0.15) is 0 Å². The number of nitrogens with zero attached hydrogens (tertiary/aromatic N) is 2. The molecule has 0 fully saturated rings. The summed E-state index contributed by atoms with van der Waals surface area (Å²) in [5.41, 5.74) is 1.12. The first-order chi connectivity index (χ1) is 7.15. The highest BCUT2D eigenvalue weighted by Gasteiger charge is 2.05. The fraction of sp³-hybridized carbons (Fsp3) is 0. The van der Waals surface area contributed by atoms with Gasteiger partial charge in [-0.15, -0.1) is 0 Å². The van der Waals surface area contributed by atoms with Gasteiger partial charge >= 0.3 is 6.01 Å². The lowest BCUT2D eigenvalue weighted by atomic mass is 10.1. The van der Waals surface area contributed by atoms with Crippen molar-refractivity contribution in [3.63, 3.8) is 0 Å². The van der Waals surface area contributed by atoms with Gasteiger partial charge in [0, 0.05) is 16.7 Å². The van der Waals surface area contributed by atoms with Crippen molar-refractivity contribution in [3.05, 3.63) is 35.4 Å². The van der Waals surface area contributed by atoms with Crippen LogP contribution in [0.25, 0.3) is 11.3 Å². The minimum Gasteiger partial charge on any atom is -0.493 e. The smallest absolute Gasteiger partial charge is 0.317 e. The van der Waals surface area contributed by atoms with Crippen LogP contribution in [0.15, 0.2) is 30.3 Å². The van der Waals surface area contributed by atoms with Crippen LogP contribution in [-0.2, 0) is 0 Å². The molecule has 0 spiro atoms. The van der Waals surface area contributed by atoms with Crippen molar-refractivity contribution in [3.8, 4) is 23.1 Å². The predicted molar refractivity (Wildman–Crippen MR) is 55.8 cm³/mol. The molecular weight excluding hydrogens is 216 g/mol. The summed E-state index contributed by atoms with van der Waals surface area (Å²) in [7, 11) is 0. The van der Waals surface area contributed by atoms with Gasteiger partial charge in [0.2, 0.25) is 5.88 Å². The number of halogens is 1. The molecule has 0 saturated carbocycles. The van der Waals surface area contributed by atoms with Crippen molar-refractivity contribution in [2.24, 2.45) is 0 Å². The van der Waals surface area contributed by atoms with Gasteiger partial charge in [0.15, 0.2) is 0 Å². The number of benzene rings is 1. The van der Waals surface area contributed by atoms with E-state index in [1.807, 2.05) is 0 Å². The highest BCUT2D eigenvalue weighted by atomic mass is 35.5.